The summed E-state index contributed by atoms with van der Waals surface area (Å²) < 4.78 is 0. The van der Waals surface area contributed by atoms with Crippen molar-refractivity contribution in [2.45, 2.75) is 12.8 Å². The van der Waals surface area contributed by atoms with Gasteiger partial charge in [-0.1, -0.05) is 0 Å². The van der Waals surface area contributed by atoms with Gasteiger partial charge in [-0.05, 0) is 24.6 Å². The molecule has 2 rings (SSSR count). The molecular weight excluding hydrogens is 192 g/mol. The predicted molar refractivity (Wildman–Crippen MR) is 55.6 cm³/mol. The van der Waals surface area contributed by atoms with E-state index in [0.29, 0.717) is 5.56 Å². The molecule has 0 fully saturated rings. The molecule has 0 bridgehead atoms. The van der Waals surface area contributed by atoms with E-state index in [1.165, 1.54) is 0 Å². The smallest absolute Gasteiger partial charge is 0.310 e. The molecule has 0 radical (unpaired) electrons. The Morgan fingerprint density at radius 1 is 1.47 bits per heavy atom. The summed E-state index contributed by atoms with van der Waals surface area (Å²) in [6.07, 6.45) is 4.94. The number of pyridine rings is 2. The average molecular weight is 202 g/mol. The first-order chi connectivity index (χ1) is 7.18. The lowest BCUT2D eigenvalue weighted by molar-refractivity contribution is -0.138. The maximum atomic E-state index is 10.8. The minimum Gasteiger partial charge on any atom is -0.481 e. The Bertz CT molecular complexity index is 511. The summed E-state index contributed by atoms with van der Waals surface area (Å²) in [7, 11) is 0. The van der Waals surface area contributed by atoms with Crippen LogP contribution in [-0.4, -0.2) is 21.0 Å². The highest BCUT2D eigenvalue weighted by Crippen LogP contribution is 2.18. The number of hydrogen-bond acceptors (Lipinski definition) is 3. The summed E-state index contributed by atoms with van der Waals surface area (Å²) in [6, 6.07) is 3.61. The van der Waals surface area contributed by atoms with Crippen LogP contribution in [0.4, 0.5) is 0 Å². The fourth-order valence-electron chi connectivity index (χ4n) is 1.37. The van der Waals surface area contributed by atoms with Crippen molar-refractivity contribution in [1.82, 2.24) is 9.97 Å². The molecule has 0 saturated carbocycles. The van der Waals surface area contributed by atoms with Gasteiger partial charge in [0.05, 0.1) is 11.4 Å². The summed E-state index contributed by atoms with van der Waals surface area (Å²) in [5.74, 6) is -1.39. The van der Waals surface area contributed by atoms with Crippen LogP contribution >= 0.6 is 0 Å². The van der Waals surface area contributed by atoms with Gasteiger partial charge in [0.15, 0.2) is 0 Å². The number of aromatic nitrogens is 2. The summed E-state index contributed by atoms with van der Waals surface area (Å²) in [4.78, 5) is 18.9. The van der Waals surface area contributed by atoms with Gasteiger partial charge < -0.3 is 5.11 Å². The molecule has 0 aromatic carbocycles. The van der Waals surface area contributed by atoms with E-state index in [9.17, 15) is 4.79 Å². The fraction of sp³-hybridized carbons (Fsp3) is 0.182. The Balaban J connectivity index is 2.51. The molecule has 2 aromatic rings. The Kier molecular flexibility index (Phi) is 2.33. The highest BCUT2D eigenvalue weighted by molar-refractivity contribution is 5.81. The zero-order valence-corrected chi connectivity index (χ0v) is 8.21. The summed E-state index contributed by atoms with van der Waals surface area (Å²) in [5, 5.41) is 9.73. The highest BCUT2D eigenvalue weighted by Gasteiger charge is 2.14. The minimum atomic E-state index is -0.847. The molecular formula is C11H10N2O2. The number of carboxylic acid groups (broad SMARTS) is 1. The first-order valence-electron chi connectivity index (χ1n) is 4.61. The van der Waals surface area contributed by atoms with Crippen LogP contribution in [0.5, 0.6) is 0 Å². The number of nitrogens with zero attached hydrogens (tertiary/aromatic N) is 2. The molecule has 4 nitrogen and oxygen atoms in total. The van der Waals surface area contributed by atoms with Gasteiger partial charge in [0, 0.05) is 24.0 Å². The van der Waals surface area contributed by atoms with E-state index in [2.05, 4.69) is 9.97 Å². The van der Waals surface area contributed by atoms with Gasteiger partial charge in [0.1, 0.15) is 0 Å². The van der Waals surface area contributed by atoms with Crippen molar-refractivity contribution in [3.8, 4) is 0 Å². The Morgan fingerprint density at radius 2 is 2.27 bits per heavy atom. The number of aliphatic carboxylic acids is 1. The second-order valence-electron chi connectivity index (χ2n) is 3.40. The van der Waals surface area contributed by atoms with Gasteiger partial charge in [0.25, 0.3) is 0 Å². The molecule has 0 aliphatic carbocycles. The molecule has 15 heavy (non-hydrogen) atoms. The number of hydrogen-bond donors (Lipinski definition) is 1. The lowest BCUT2D eigenvalue weighted by Gasteiger charge is -2.06. The molecule has 0 aliphatic heterocycles. The zero-order chi connectivity index (χ0) is 10.8. The molecule has 1 unspecified atom stereocenters. The largest absolute Gasteiger partial charge is 0.481 e. The standard InChI is InChI=1S/C11H10N2O2/c1-7(11(14)15)8-4-9-5-12-3-2-10(9)13-6-8/h2-7H,1H3,(H,14,15). The average Bonchev–Trinajstić information content (AvgIpc) is 2.27. The molecule has 0 aliphatic rings. The number of fused-ring (bicyclic) bond motifs is 1. The lowest BCUT2D eigenvalue weighted by atomic mass is 10.0. The minimum absolute atomic E-state index is 0.540. The molecule has 2 heterocycles. The quantitative estimate of drug-likeness (QED) is 0.806. The molecule has 2 aromatic heterocycles. The predicted octanol–water partition coefficient (Wildman–Crippen LogP) is 1.82. The van der Waals surface area contributed by atoms with Crippen molar-refractivity contribution in [2.75, 3.05) is 0 Å². The second-order valence-corrected chi connectivity index (χ2v) is 3.40. The van der Waals surface area contributed by atoms with Crippen molar-refractivity contribution in [2.24, 2.45) is 0 Å². The first-order valence-corrected chi connectivity index (χ1v) is 4.61. The van der Waals surface area contributed by atoms with Crippen molar-refractivity contribution in [3.63, 3.8) is 0 Å². The van der Waals surface area contributed by atoms with Gasteiger partial charge in [0.2, 0.25) is 0 Å². The molecule has 1 N–H and O–H groups in total. The lowest BCUT2D eigenvalue weighted by Crippen LogP contribution is -2.07. The van der Waals surface area contributed by atoms with E-state index in [4.69, 9.17) is 5.11 Å². The van der Waals surface area contributed by atoms with Crippen molar-refractivity contribution in [1.29, 1.82) is 0 Å². The summed E-state index contributed by atoms with van der Waals surface area (Å²) >= 11 is 0. The molecule has 4 heteroatoms. The van der Waals surface area contributed by atoms with Crippen LogP contribution in [0, 0.1) is 0 Å². The van der Waals surface area contributed by atoms with Crippen LogP contribution in [0.2, 0.25) is 0 Å². The van der Waals surface area contributed by atoms with Crippen LogP contribution in [0.3, 0.4) is 0 Å². The fourth-order valence-corrected chi connectivity index (χ4v) is 1.37. The van der Waals surface area contributed by atoms with Gasteiger partial charge >= 0.3 is 5.97 Å². The third-order valence-electron chi connectivity index (χ3n) is 2.37. The molecule has 0 spiro atoms. The Hall–Kier alpha value is -1.97. The van der Waals surface area contributed by atoms with E-state index < -0.39 is 11.9 Å². The van der Waals surface area contributed by atoms with Gasteiger partial charge in [-0.3, -0.25) is 14.8 Å². The zero-order valence-electron chi connectivity index (χ0n) is 8.21. The van der Waals surface area contributed by atoms with Crippen LogP contribution < -0.4 is 0 Å². The number of rotatable bonds is 2. The van der Waals surface area contributed by atoms with Gasteiger partial charge in [-0.15, -0.1) is 0 Å². The Morgan fingerprint density at radius 3 is 3.00 bits per heavy atom. The third kappa shape index (κ3) is 1.79. The molecule has 76 valence electrons. The van der Waals surface area contributed by atoms with Crippen molar-refractivity contribution < 1.29 is 9.90 Å². The van der Waals surface area contributed by atoms with E-state index >= 15 is 0 Å². The van der Waals surface area contributed by atoms with Crippen molar-refractivity contribution in [3.05, 3.63) is 36.3 Å². The third-order valence-corrected chi connectivity index (χ3v) is 2.37. The Labute approximate surface area is 86.6 Å². The van der Waals surface area contributed by atoms with Crippen LogP contribution in [0.15, 0.2) is 30.7 Å². The van der Waals surface area contributed by atoms with E-state index in [-0.39, 0.29) is 0 Å². The van der Waals surface area contributed by atoms with Crippen LogP contribution in [0.25, 0.3) is 10.9 Å². The monoisotopic (exact) mass is 202 g/mol. The number of carbonyl (C=O) groups is 1. The second kappa shape index (κ2) is 3.65. The van der Waals surface area contributed by atoms with E-state index in [1.807, 2.05) is 6.07 Å². The topological polar surface area (TPSA) is 63.1 Å². The molecule has 0 amide bonds. The highest BCUT2D eigenvalue weighted by atomic mass is 16.4. The summed E-state index contributed by atoms with van der Waals surface area (Å²) in [6.45, 7) is 1.64. The summed E-state index contributed by atoms with van der Waals surface area (Å²) in [5.41, 5.74) is 1.52. The van der Waals surface area contributed by atoms with E-state index in [0.717, 1.165) is 10.9 Å². The first kappa shape index (κ1) is 9.58. The molecule has 1 atom stereocenters. The number of carboxylic acids is 1. The van der Waals surface area contributed by atoms with Crippen LogP contribution in [0.1, 0.15) is 18.4 Å². The normalized spacial score (nSPS) is 12.6. The maximum absolute atomic E-state index is 10.8. The molecule has 0 saturated heterocycles. The maximum Gasteiger partial charge on any atom is 0.310 e. The van der Waals surface area contributed by atoms with Crippen LogP contribution in [-0.2, 0) is 4.79 Å². The van der Waals surface area contributed by atoms with E-state index in [1.54, 1.807) is 31.6 Å². The van der Waals surface area contributed by atoms with Gasteiger partial charge in [-0.2, -0.15) is 0 Å². The van der Waals surface area contributed by atoms with Crippen molar-refractivity contribution >= 4 is 16.9 Å². The SMILES string of the molecule is CC(C(=O)O)c1cnc2ccncc2c1. The van der Waals surface area contributed by atoms with Gasteiger partial charge in [-0.25, -0.2) is 0 Å².